The molecule has 2 aliphatic heterocycles. The maximum Gasteiger partial charge on any atom is 0.241 e. The minimum absolute atomic E-state index is 0.162. The molecule has 0 spiro atoms. The average molecular weight is 357 g/mol. The molecule has 0 bridgehead atoms. The van der Waals surface area contributed by atoms with Gasteiger partial charge in [0, 0.05) is 44.3 Å². The largest absolute Gasteiger partial charge is 0.343 e. The van der Waals surface area contributed by atoms with Gasteiger partial charge in [-0.1, -0.05) is 32.0 Å². The Morgan fingerprint density at radius 3 is 2.46 bits per heavy atom. The fraction of sp³-hybridized carbons (Fsp3) is 0.619. The van der Waals surface area contributed by atoms with Crippen molar-refractivity contribution in [3.05, 3.63) is 30.3 Å². The summed E-state index contributed by atoms with van der Waals surface area (Å²) in [5.74, 6) is 1.06. The third-order valence-electron chi connectivity index (χ3n) is 5.59. The van der Waals surface area contributed by atoms with Gasteiger partial charge in [-0.25, -0.2) is 0 Å². The number of carbonyl (C=O) groups excluding carboxylic acids is 2. The first-order valence-corrected chi connectivity index (χ1v) is 9.92. The molecule has 0 radical (unpaired) electrons. The van der Waals surface area contributed by atoms with E-state index < -0.39 is 0 Å². The van der Waals surface area contributed by atoms with Crippen molar-refractivity contribution < 1.29 is 9.59 Å². The first-order chi connectivity index (χ1) is 12.5. The topological polar surface area (TPSA) is 43.9 Å². The van der Waals surface area contributed by atoms with Gasteiger partial charge in [-0.2, -0.15) is 0 Å². The highest BCUT2D eigenvalue weighted by molar-refractivity contribution is 5.95. The van der Waals surface area contributed by atoms with Crippen LogP contribution in [-0.4, -0.2) is 60.4 Å². The lowest BCUT2D eigenvalue weighted by Gasteiger charge is -2.38. The smallest absolute Gasteiger partial charge is 0.241 e. The lowest BCUT2D eigenvalue weighted by Crippen LogP contribution is -2.53. The van der Waals surface area contributed by atoms with Crippen LogP contribution in [0.4, 0.5) is 5.69 Å². The van der Waals surface area contributed by atoms with Crippen molar-refractivity contribution in [3.8, 4) is 0 Å². The van der Waals surface area contributed by atoms with E-state index in [0.717, 1.165) is 51.1 Å². The monoisotopic (exact) mass is 357 g/mol. The number of likely N-dealkylation sites (tertiary alicyclic amines) is 1. The Bertz CT molecular complexity index is 617. The number of hydrogen-bond acceptors (Lipinski definition) is 3. The van der Waals surface area contributed by atoms with Crippen molar-refractivity contribution in [1.29, 1.82) is 0 Å². The predicted octanol–water partition coefficient (Wildman–Crippen LogP) is 2.76. The molecule has 2 amide bonds. The molecule has 2 heterocycles. The Labute approximate surface area is 156 Å². The van der Waals surface area contributed by atoms with E-state index in [1.165, 1.54) is 0 Å². The fourth-order valence-corrected chi connectivity index (χ4v) is 3.92. The highest BCUT2D eigenvalue weighted by atomic mass is 16.2. The number of hydrogen-bond donors (Lipinski definition) is 0. The molecular weight excluding hydrogens is 326 g/mol. The lowest BCUT2D eigenvalue weighted by molar-refractivity contribution is -0.130. The van der Waals surface area contributed by atoms with E-state index in [0.29, 0.717) is 24.9 Å². The number of rotatable bonds is 5. The van der Waals surface area contributed by atoms with Crippen LogP contribution in [0.1, 0.15) is 39.5 Å². The fourth-order valence-electron chi connectivity index (χ4n) is 3.92. The number of para-hydroxylation sites is 1. The van der Waals surface area contributed by atoms with Gasteiger partial charge in [0.1, 0.15) is 0 Å². The maximum atomic E-state index is 12.6. The first kappa shape index (κ1) is 18.9. The number of amides is 2. The second kappa shape index (κ2) is 8.67. The van der Waals surface area contributed by atoms with E-state index in [1.807, 2.05) is 40.1 Å². The molecule has 26 heavy (non-hydrogen) atoms. The van der Waals surface area contributed by atoms with Crippen molar-refractivity contribution in [2.24, 2.45) is 5.92 Å². The van der Waals surface area contributed by atoms with Gasteiger partial charge in [0.15, 0.2) is 0 Å². The number of anilines is 1. The van der Waals surface area contributed by atoms with Crippen LogP contribution in [0.25, 0.3) is 0 Å². The van der Waals surface area contributed by atoms with Crippen LogP contribution in [0.15, 0.2) is 30.3 Å². The number of carbonyl (C=O) groups is 2. The van der Waals surface area contributed by atoms with Gasteiger partial charge in [0.05, 0.1) is 6.54 Å². The number of piperazine rings is 1. The van der Waals surface area contributed by atoms with E-state index >= 15 is 0 Å². The summed E-state index contributed by atoms with van der Waals surface area (Å²) < 4.78 is 0. The molecule has 0 aliphatic carbocycles. The first-order valence-electron chi connectivity index (χ1n) is 9.92. The van der Waals surface area contributed by atoms with Crippen LogP contribution in [0.3, 0.4) is 0 Å². The Hall–Kier alpha value is -1.88. The zero-order chi connectivity index (χ0) is 18.5. The molecule has 3 rings (SSSR count). The summed E-state index contributed by atoms with van der Waals surface area (Å²) in [4.78, 5) is 31.2. The predicted molar refractivity (Wildman–Crippen MR) is 104 cm³/mol. The molecule has 1 aromatic carbocycles. The van der Waals surface area contributed by atoms with Gasteiger partial charge in [-0.05, 0) is 37.3 Å². The Kier molecular flexibility index (Phi) is 6.30. The van der Waals surface area contributed by atoms with E-state index in [2.05, 4.69) is 18.7 Å². The zero-order valence-electron chi connectivity index (χ0n) is 16.1. The van der Waals surface area contributed by atoms with Crippen LogP contribution in [0.5, 0.6) is 0 Å². The van der Waals surface area contributed by atoms with Crippen LogP contribution in [0.2, 0.25) is 0 Å². The summed E-state index contributed by atoms with van der Waals surface area (Å²) >= 11 is 0. The van der Waals surface area contributed by atoms with Gasteiger partial charge in [-0.15, -0.1) is 0 Å². The van der Waals surface area contributed by atoms with Crippen molar-refractivity contribution in [2.75, 3.05) is 37.6 Å². The van der Waals surface area contributed by atoms with Crippen LogP contribution in [0, 0.1) is 5.92 Å². The highest BCUT2D eigenvalue weighted by Gasteiger charge is 2.32. The molecule has 2 aliphatic rings. The summed E-state index contributed by atoms with van der Waals surface area (Å²) in [5.41, 5.74) is 0.980. The minimum Gasteiger partial charge on any atom is -0.343 e. The molecule has 1 aromatic rings. The van der Waals surface area contributed by atoms with E-state index in [1.54, 1.807) is 0 Å². The quantitative estimate of drug-likeness (QED) is 0.814. The van der Waals surface area contributed by atoms with E-state index in [-0.39, 0.29) is 11.8 Å². The average Bonchev–Trinajstić information content (AvgIpc) is 2.82. The Morgan fingerprint density at radius 1 is 1.00 bits per heavy atom. The summed E-state index contributed by atoms with van der Waals surface area (Å²) in [6.07, 6.45) is 3.51. The number of nitrogens with zero attached hydrogens (tertiary/aromatic N) is 3. The molecule has 5 heteroatoms. The van der Waals surface area contributed by atoms with Crippen LogP contribution < -0.4 is 4.90 Å². The molecule has 2 saturated heterocycles. The third-order valence-corrected chi connectivity index (χ3v) is 5.59. The maximum absolute atomic E-state index is 12.6. The zero-order valence-corrected chi connectivity index (χ0v) is 16.1. The number of benzene rings is 1. The van der Waals surface area contributed by atoms with Crippen molar-refractivity contribution in [1.82, 2.24) is 9.80 Å². The summed E-state index contributed by atoms with van der Waals surface area (Å²) in [5, 5.41) is 0. The molecule has 0 aromatic heterocycles. The minimum atomic E-state index is 0.162. The highest BCUT2D eigenvalue weighted by Crippen LogP contribution is 2.23. The van der Waals surface area contributed by atoms with Crippen LogP contribution in [-0.2, 0) is 9.59 Å². The van der Waals surface area contributed by atoms with Crippen molar-refractivity contribution in [3.63, 3.8) is 0 Å². The standard InChI is InChI=1S/C21H31N3O2/c1-17(2)10-12-22-13-11-18(8-9-20(22)25)23-14-15-24(21(26)16-23)19-6-4-3-5-7-19/h3-7,17-18H,8-16H2,1-2H3. The van der Waals surface area contributed by atoms with Gasteiger partial charge in [0.2, 0.25) is 11.8 Å². The molecule has 5 nitrogen and oxygen atoms in total. The third kappa shape index (κ3) is 4.64. The summed E-state index contributed by atoms with van der Waals surface area (Å²) in [6.45, 7) is 8.15. The SMILES string of the molecule is CC(C)CCN1CCC(N2CCN(c3ccccc3)C(=O)C2)CCC1=O. The molecule has 1 unspecified atom stereocenters. The molecular formula is C21H31N3O2. The summed E-state index contributed by atoms with van der Waals surface area (Å²) in [6, 6.07) is 10.2. The van der Waals surface area contributed by atoms with Gasteiger partial charge in [-0.3, -0.25) is 14.5 Å². The molecule has 142 valence electrons. The van der Waals surface area contributed by atoms with E-state index in [9.17, 15) is 9.59 Å². The van der Waals surface area contributed by atoms with Crippen molar-refractivity contribution in [2.45, 2.75) is 45.6 Å². The summed E-state index contributed by atoms with van der Waals surface area (Å²) in [7, 11) is 0. The Morgan fingerprint density at radius 2 is 1.77 bits per heavy atom. The molecule has 0 saturated carbocycles. The van der Waals surface area contributed by atoms with Crippen molar-refractivity contribution >= 4 is 17.5 Å². The molecule has 1 atom stereocenters. The Balaban J connectivity index is 1.56. The van der Waals surface area contributed by atoms with Gasteiger partial charge < -0.3 is 9.80 Å². The molecule has 2 fully saturated rings. The van der Waals surface area contributed by atoms with Gasteiger partial charge in [0.25, 0.3) is 0 Å². The van der Waals surface area contributed by atoms with Gasteiger partial charge >= 0.3 is 0 Å². The second-order valence-electron chi connectivity index (χ2n) is 7.90. The van der Waals surface area contributed by atoms with E-state index in [4.69, 9.17) is 0 Å². The lowest BCUT2D eigenvalue weighted by atomic mass is 10.1. The van der Waals surface area contributed by atoms with Crippen LogP contribution >= 0.6 is 0 Å². The molecule has 0 N–H and O–H groups in total. The normalized spacial score (nSPS) is 22.8. The second-order valence-corrected chi connectivity index (χ2v) is 7.90.